The van der Waals surface area contributed by atoms with E-state index in [1.165, 1.54) is 0 Å². The van der Waals surface area contributed by atoms with Crippen molar-refractivity contribution in [2.24, 2.45) is 0 Å². The van der Waals surface area contributed by atoms with E-state index in [1.54, 1.807) is 12.1 Å². The first-order valence-electron chi connectivity index (χ1n) is 8.27. The zero-order chi connectivity index (χ0) is 16.4. The maximum atomic E-state index is 12.3. The van der Waals surface area contributed by atoms with E-state index in [4.69, 9.17) is 14.2 Å². The number of ether oxygens (including phenoxy) is 3. The molecule has 0 N–H and O–H groups in total. The SMILES string of the molecule is CCCOc1cc(OCCC)c(C(=O)CC)c(OCCC)c1. The van der Waals surface area contributed by atoms with Crippen LogP contribution < -0.4 is 14.2 Å². The molecule has 0 aromatic heterocycles. The maximum absolute atomic E-state index is 12.3. The first-order chi connectivity index (χ1) is 10.7. The topological polar surface area (TPSA) is 44.8 Å². The molecule has 124 valence electrons. The van der Waals surface area contributed by atoms with Crippen LogP contribution in [0.1, 0.15) is 63.7 Å². The number of Topliss-reactive ketones (excluding diaryl/α,β-unsaturated/α-hetero) is 1. The average molecular weight is 308 g/mol. The Morgan fingerprint density at radius 3 is 1.68 bits per heavy atom. The number of benzene rings is 1. The summed E-state index contributed by atoms with van der Waals surface area (Å²) in [6.45, 7) is 9.72. The molecule has 0 aliphatic carbocycles. The van der Waals surface area contributed by atoms with Gasteiger partial charge in [0.15, 0.2) is 5.78 Å². The predicted molar refractivity (Wildman–Crippen MR) is 88.4 cm³/mol. The summed E-state index contributed by atoms with van der Waals surface area (Å²) in [7, 11) is 0. The lowest BCUT2D eigenvalue weighted by Gasteiger charge is -2.17. The van der Waals surface area contributed by atoms with E-state index in [2.05, 4.69) is 6.92 Å². The number of carbonyl (C=O) groups is 1. The highest BCUT2D eigenvalue weighted by Crippen LogP contribution is 2.35. The summed E-state index contributed by atoms with van der Waals surface area (Å²) in [5.74, 6) is 1.84. The molecule has 0 unspecified atom stereocenters. The minimum absolute atomic E-state index is 0.0271. The van der Waals surface area contributed by atoms with Crippen molar-refractivity contribution in [3.8, 4) is 17.2 Å². The third kappa shape index (κ3) is 5.24. The highest BCUT2D eigenvalue weighted by Gasteiger charge is 2.20. The average Bonchev–Trinajstić information content (AvgIpc) is 2.55. The van der Waals surface area contributed by atoms with Gasteiger partial charge in [-0.2, -0.15) is 0 Å². The Morgan fingerprint density at radius 1 is 0.818 bits per heavy atom. The van der Waals surface area contributed by atoms with Crippen molar-refractivity contribution in [2.45, 2.75) is 53.4 Å². The van der Waals surface area contributed by atoms with Gasteiger partial charge in [-0.3, -0.25) is 4.79 Å². The molecular formula is C18H28O4. The van der Waals surface area contributed by atoms with Gasteiger partial charge in [-0.25, -0.2) is 0 Å². The Morgan fingerprint density at radius 2 is 1.27 bits per heavy atom. The van der Waals surface area contributed by atoms with Gasteiger partial charge in [0.25, 0.3) is 0 Å². The number of hydrogen-bond donors (Lipinski definition) is 0. The van der Waals surface area contributed by atoms with Crippen molar-refractivity contribution < 1.29 is 19.0 Å². The number of rotatable bonds is 11. The number of ketones is 1. The molecule has 4 heteroatoms. The van der Waals surface area contributed by atoms with Gasteiger partial charge >= 0.3 is 0 Å². The minimum atomic E-state index is 0.0271. The van der Waals surface area contributed by atoms with Crippen LogP contribution in [0.4, 0.5) is 0 Å². The van der Waals surface area contributed by atoms with Gasteiger partial charge in [0.2, 0.25) is 0 Å². The fourth-order valence-electron chi connectivity index (χ4n) is 1.97. The van der Waals surface area contributed by atoms with Crippen LogP contribution in [0.3, 0.4) is 0 Å². The van der Waals surface area contributed by atoms with Crippen LogP contribution in [0.25, 0.3) is 0 Å². The zero-order valence-electron chi connectivity index (χ0n) is 14.2. The van der Waals surface area contributed by atoms with E-state index >= 15 is 0 Å². The van der Waals surface area contributed by atoms with Gasteiger partial charge in [0, 0.05) is 18.6 Å². The van der Waals surface area contributed by atoms with Crippen LogP contribution >= 0.6 is 0 Å². The molecule has 0 saturated heterocycles. The van der Waals surface area contributed by atoms with Crippen molar-refractivity contribution in [3.63, 3.8) is 0 Å². The third-order valence-corrected chi connectivity index (χ3v) is 3.04. The molecular weight excluding hydrogens is 280 g/mol. The molecule has 0 saturated carbocycles. The lowest BCUT2D eigenvalue weighted by molar-refractivity contribution is 0.0979. The van der Waals surface area contributed by atoms with Crippen molar-refractivity contribution in [2.75, 3.05) is 19.8 Å². The fourth-order valence-corrected chi connectivity index (χ4v) is 1.97. The van der Waals surface area contributed by atoms with Gasteiger partial charge < -0.3 is 14.2 Å². The Bertz CT molecular complexity index is 439. The molecule has 22 heavy (non-hydrogen) atoms. The quantitative estimate of drug-likeness (QED) is 0.558. The van der Waals surface area contributed by atoms with Crippen molar-refractivity contribution >= 4 is 5.78 Å². The summed E-state index contributed by atoms with van der Waals surface area (Å²) in [5, 5.41) is 0. The van der Waals surface area contributed by atoms with E-state index in [1.807, 2.05) is 20.8 Å². The lowest BCUT2D eigenvalue weighted by Crippen LogP contribution is -2.09. The van der Waals surface area contributed by atoms with E-state index < -0.39 is 0 Å². The summed E-state index contributed by atoms with van der Waals surface area (Å²) in [4.78, 5) is 12.3. The molecule has 0 amide bonds. The molecule has 0 aliphatic rings. The van der Waals surface area contributed by atoms with Crippen LogP contribution in [-0.4, -0.2) is 25.6 Å². The molecule has 1 aromatic carbocycles. The van der Waals surface area contributed by atoms with Crippen LogP contribution in [-0.2, 0) is 0 Å². The Kier molecular flexibility index (Phi) is 8.41. The standard InChI is InChI=1S/C18H28O4/c1-5-9-20-14-12-16(21-10-6-2)18(15(19)8-4)17(13-14)22-11-7-3/h12-13H,5-11H2,1-4H3. The first kappa shape index (κ1) is 18.3. The third-order valence-electron chi connectivity index (χ3n) is 3.04. The van der Waals surface area contributed by atoms with E-state index in [0.29, 0.717) is 49.1 Å². The first-order valence-corrected chi connectivity index (χ1v) is 8.27. The second-order valence-corrected chi connectivity index (χ2v) is 5.12. The highest BCUT2D eigenvalue weighted by atomic mass is 16.5. The molecule has 0 bridgehead atoms. The molecule has 1 rings (SSSR count). The highest BCUT2D eigenvalue weighted by molar-refractivity contribution is 6.01. The van der Waals surface area contributed by atoms with E-state index in [-0.39, 0.29) is 5.78 Å². The summed E-state index contributed by atoms with van der Waals surface area (Å²) in [6.07, 6.45) is 3.10. The second-order valence-electron chi connectivity index (χ2n) is 5.12. The smallest absolute Gasteiger partial charge is 0.170 e. The van der Waals surface area contributed by atoms with Crippen molar-refractivity contribution in [3.05, 3.63) is 17.7 Å². The van der Waals surface area contributed by atoms with Gasteiger partial charge in [-0.05, 0) is 19.3 Å². The zero-order valence-corrected chi connectivity index (χ0v) is 14.2. The maximum Gasteiger partial charge on any atom is 0.170 e. The summed E-state index contributed by atoms with van der Waals surface area (Å²) >= 11 is 0. The second kappa shape index (κ2) is 10.1. The fraction of sp³-hybridized carbons (Fsp3) is 0.611. The Labute approximate surface area is 133 Å². The predicted octanol–water partition coefficient (Wildman–Crippen LogP) is 4.65. The molecule has 0 aliphatic heterocycles. The number of hydrogen-bond acceptors (Lipinski definition) is 4. The normalized spacial score (nSPS) is 10.4. The van der Waals surface area contributed by atoms with Crippen molar-refractivity contribution in [1.82, 2.24) is 0 Å². The Hall–Kier alpha value is -1.71. The van der Waals surface area contributed by atoms with Crippen molar-refractivity contribution in [1.29, 1.82) is 0 Å². The van der Waals surface area contributed by atoms with Crippen LogP contribution in [0.5, 0.6) is 17.2 Å². The molecule has 4 nitrogen and oxygen atoms in total. The molecule has 0 spiro atoms. The van der Waals surface area contributed by atoms with Crippen LogP contribution in [0.2, 0.25) is 0 Å². The summed E-state index contributed by atoms with van der Waals surface area (Å²) in [5.41, 5.74) is 0.535. The molecule has 0 radical (unpaired) electrons. The van der Waals surface area contributed by atoms with Gasteiger partial charge in [-0.1, -0.05) is 27.7 Å². The van der Waals surface area contributed by atoms with Gasteiger partial charge in [0.1, 0.15) is 22.8 Å². The monoisotopic (exact) mass is 308 g/mol. The number of carbonyl (C=O) groups excluding carboxylic acids is 1. The molecule has 0 heterocycles. The van der Waals surface area contributed by atoms with E-state index in [9.17, 15) is 4.79 Å². The van der Waals surface area contributed by atoms with E-state index in [0.717, 1.165) is 19.3 Å². The summed E-state index contributed by atoms with van der Waals surface area (Å²) < 4.78 is 17.2. The van der Waals surface area contributed by atoms with Gasteiger partial charge in [-0.15, -0.1) is 0 Å². The molecule has 0 atom stereocenters. The summed E-state index contributed by atoms with van der Waals surface area (Å²) in [6, 6.07) is 3.60. The lowest BCUT2D eigenvalue weighted by atomic mass is 10.1. The van der Waals surface area contributed by atoms with Crippen LogP contribution in [0, 0.1) is 0 Å². The largest absolute Gasteiger partial charge is 0.493 e. The molecule has 0 fully saturated rings. The molecule has 1 aromatic rings. The van der Waals surface area contributed by atoms with Crippen LogP contribution in [0.15, 0.2) is 12.1 Å². The van der Waals surface area contributed by atoms with Gasteiger partial charge in [0.05, 0.1) is 19.8 Å². The Balaban J connectivity index is 3.22. The minimum Gasteiger partial charge on any atom is -0.493 e.